The van der Waals surface area contributed by atoms with E-state index in [1.165, 1.54) is 0 Å². The highest BCUT2D eigenvalue weighted by Gasteiger charge is 2.32. The van der Waals surface area contributed by atoms with E-state index >= 15 is 0 Å². The summed E-state index contributed by atoms with van der Waals surface area (Å²) in [6.07, 6.45) is 5.31. The molecule has 1 N–H and O–H groups in total. The Morgan fingerprint density at radius 2 is 2.50 bits per heavy atom. The molecule has 0 aromatic carbocycles. The Kier molecular flexibility index (Phi) is 3.29. The van der Waals surface area contributed by atoms with Crippen LogP contribution in [0.4, 0.5) is 0 Å². The van der Waals surface area contributed by atoms with E-state index in [1.54, 1.807) is 0 Å². The molecule has 1 aliphatic heterocycles. The Morgan fingerprint density at radius 3 is 3.08 bits per heavy atom. The highest BCUT2D eigenvalue weighted by molar-refractivity contribution is 4.86. The van der Waals surface area contributed by atoms with Crippen LogP contribution in [-0.2, 0) is 4.74 Å². The average molecular weight is 170 g/mol. The van der Waals surface area contributed by atoms with Gasteiger partial charge in [0.15, 0.2) is 0 Å². The largest absolute Gasteiger partial charge is 0.390 e. The number of rotatable bonds is 3. The molecule has 0 saturated carbocycles. The number of hydrogen-bond acceptors (Lipinski definition) is 2. The molecular weight excluding hydrogens is 152 g/mol. The van der Waals surface area contributed by atoms with E-state index in [9.17, 15) is 5.11 Å². The minimum atomic E-state index is -0.494. The van der Waals surface area contributed by atoms with Crippen molar-refractivity contribution in [2.75, 3.05) is 6.61 Å². The molecule has 2 atom stereocenters. The maximum Gasteiger partial charge on any atom is 0.0697 e. The highest BCUT2D eigenvalue weighted by atomic mass is 16.5. The van der Waals surface area contributed by atoms with E-state index in [-0.39, 0.29) is 6.10 Å². The number of ether oxygens (including phenoxy) is 1. The van der Waals surface area contributed by atoms with Crippen LogP contribution < -0.4 is 0 Å². The first-order valence-electron chi connectivity index (χ1n) is 4.61. The molecule has 2 nitrogen and oxygen atoms in total. The van der Waals surface area contributed by atoms with E-state index in [0.29, 0.717) is 6.61 Å². The van der Waals surface area contributed by atoms with E-state index in [4.69, 9.17) is 4.74 Å². The van der Waals surface area contributed by atoms with Gasteiger partial charge in [-0.25, -0.2) is 0 Å². The van der Waals surface area contributed by atoms with Crippen molar-refractivity contribution in [1.29, 1.82) is 0 Å². The topological polar surface area (TPSA) is 29.5 Å². The van der Waals surface area contributed by atoms with Crippen molar-refractivity contribution in [2.24, 2.45) is 0 Å². The smallest absolute Gasteiger partial charge is 0.0697 e. The highest BCUT2D eigenvalue weighted by Crippen LogP contribution is 2.28. The summed E-state index contributed by atoms with van der Waals surface area (Å²) in [4.78, 5) is 0. The van der Waals surface area contributed by atoms with E-state index < -0.39 is 5.60 Å². The minimum absolute atomic E-state index is 0.202. The van der Waals surface area contributed by atoms with Gasteiger partial charge in [-0.3, -0.25) is 0 Å². The van der Waals surface area contributed by atoms with Crippen LogP contribution in [0.5, 0.6) is 0 Å². The normalized spacial score (nSPS) is 36.3. The van der Waals surface area contributed by atoms with Crippen LogP contribution in [0.2, 0.25) is 0 Å². The van der Waals surface area contributed by atoms with Gasteiger partial charge in [0.1, 0.15) is 0 Å². The lowest BCUT2D eigenvalue weighted by atomic mass is 9.87. The van der Waals surface area contributed by atoms with Crippen LogP contribution >= 0.6 is 0 Å². The summed E-state index contributed by atoms with van der Waals surface area (Å²) in [5.74, 6) is 0. The van der Waals surface area contributed by atoms with Crippen molar-refractivity contribution in [1.82, 2.24) is 0 Å². The molecule has 0 aliphatic carbocycles. The van der Waals surface area contributed by atoms with Gasteiger partial charge in [-0.05, 0) is 26.2 Å². The third-order valence-electron chi connectivity index (χ3n) is 2.45. The third-order valence-corrected chi connectivity index (χ3v) is 2.45. The SMILES string of the molecule is C=CCCC1(O)CCOC(C)C1. The summed E-state index contributed by atoms with van der Waals surface area (Å²) >= 11 is 0. The molecule has 12 heavy (non-hydrogen) atoms. The molecule has 2 heteroatoms. The van der Waals surface area contributed by atoms with Gasteiger partial charge in [0, 0.05) is 13.0 Å². The molecule has 1 saturated heterocycles. The Morgan fingerprint density at radius 1 is 1.75 bits per heavy atom. The van der Waals surface area contributed by atoms with Crippen molar-refractivity contribution in [3.05, 3.63) is 12.7 Å². The summed E-state index contributed by atoms with van der Waals surface area (Å²) in [5.41, 5.74) is -0.494. The molecule has 1 fully saturated rings. The van der Waals surface area contributed by atoms with Crippen LogP contribution in [0.15, 0.2) is 12.7 Å². The molecule has 1 rings (SSSR count). The zero-order chi connectivity index (χ0) is 9.03. The fourth-order valence-electron chi connectivity index (χ4n) is 1.74. The van der Waals surface area contributed by atoms with Crippen LogP contribution in [0.1, 0.15) is 32.6 Å². The summed E-state index contributed by atoms with van der Waals surface area (Å²) in [7, 11) is 0. The number of aliphatic hydroxyl groups is 1. The maximum atomic E-state index is 10.0. The molecule has 0 radical (unpaired) electrons. The molecule has 2 unspecified atom stereocenters. The molecule has 1 aliphatic rings. The van der Waals surface area contributed by atoms with Gasteiger partial charge in [-0.15, -0.1) is 6.58 Å². The summed E-state index contributed by atoms with van der Waals surface area (Å²) < 4.78 is 5.37. The Labute approximate surface area is 74.2 Å². The van der Waals surface area contributed by atoms with Crippen LogP contribution in [0.3, 0.4) is 0 Å². The standard InChI is InChI=1S/C10H18O2/c1-3-4-5-10(11)6-7-12-9(2)8-10/h3,9,11H,1,4-8H2,2H3. The summed E-state index contributed by atoms with van der Waals surface area (Å²) in [5, 5.41) is 10.0. The zero-order valence-corrected chi connectivity index (χ0v) is 7.75. The van der Waals surface area contributed by atoms with E-state index in [1.807, 2.05) is 13.0 Å². The molecule has 0 aromatic rings. The predicted molar refractivity (Wildman–Crippen MR) is 49.0 cm³/mol. The van der Waals surface area contributed by atoms with Crippen molar-refractivity contribution in [2.45, 2.75) is 44.3 Å². The van der Waals surface area contributed by atoms with Gasteiger partial charge < -0.3 is 9.84 Å². The zero-order valence-electron chi connectivity index (χ0n) is 7.75. The molecule has 1 heterocycles. The van der Waals surface area contributed by atoms with E-state index in [2.05, 4.69) is 6.58 Å². The Hall–Kier alpha value is -0.340. The fraction of sp³-hybridized carbons (Fsp3) is 0.800. The lowest BCUT2D eigenvalue weighted by molar-refractivity contribution is -0.0998. The molecule has 0 amide bonds. The van der Waals surface area contributed by atoms with Crippen molar-refractivity contribution in [3.63, 3.8) is 0 Å². The molecule has 70 valence electrons. The van der Waals surface area contributed by atoms with Crippen molar-refractivity contribution >= 4 is 0 Å². The number of allylic oxidation sites excluding steroid dienone is 1. The molecule has 0 aromatic heterocycles. The lowest BCUT2D eigenvalue weighted by Gasteiger charge is -2.35. The lowest BCUT2D eigenvalue weighted by Crippen LogP contribution is -2.39. The van der Waals surface area contributed by atoms with Gasteiger partial charge in [-0.2, -0.15) is 0 Å². The van der Waals surface area contributed by atoms with E-state index in [0.717, 1.165) is 25.7 Å². The van der Waals surface area contributed by atoms with Gasteiger partial charge in [0.2, 0.25) is 0 Å². The predicted octanol–water partition coefficient (Wildman–Crippen LogP) is 1.88. The first-order chi connectivity index (χ1) is 5.66. The van der Waals surface area contributed by atoms with Crippen LogP contribution in [-0.4, -0.2) is 23.4 Å². The van der Waals surface area contributed by atoms with Crippen LogP contribution in [0, 0.1) is 0 Å². The Bertz CT molecular complexity index is 156. The van der Waals surface area contributed by atoms with Gasteiger partial charge in [0.25, 0.3) is 0 Å². The quantitative estimate of drug-likeness (QED) is 0.655. The molecule has 0 bridgehead atoms. The monoisotopic (exact) mass is 170 g/mol. The molecule has 0 spiro atoms. The average Bonchev–Trinajstić information content (AvgIpc) is 2.01. The second-order valence-electron chi connectivity index (χ2n) is 3.69. The van der Waals surface area contributed by atoms with Gasteiger partial charge >= 0.3 is 0 Å². The first kappa shape index (κ1) is 9.75. The number of hydrogen-bond donors (Lipinski definition) is 1. The Balaban J connectivity index is 2.39. The fourth-order valence-corrected chi connectivity index (χ4v) is 1.74. The van der Waals surface area contributed by atoms with Crippen molar-refractivity contribution < 1.29 is 9.84 Å². The van der Waals surface area contributed by atoms with Crippen molar-refractivity contribution in [3.8, 4) is 0 Å². The summed E-state index contributed by atoms with van der Waals surface area (Å²) in [6, 6.07) is 0. The first-order valence-corrected chi connectivity index (χ1v) is 4.61. The van der Waals surface area contributed by atoms with Gasteiger partial charge in [-0.1, -0.05) is 6.08 Å². The summed E-state index contributed by atoms with van der Waals surface area (Å²) in [6.45, 7) is 6.35. The second kappa shape index (κ2) is 4.06. The van der Waals surface area contributed by atoms with Gasteiger partial charge in [0.05, 0.1) is 11.7 Å². The second-order valence-corrected chi connectivity index (χ2v) is 3.69. The van der Waals surface area contributed by atoms with Crippen LogP contribution in [0.25, 0.3) is 0 Å². The maximum absolute atomic E-state index is 10.0. The third kappa shape index (κ3) is 2.61. The minimum Gasteiger partial charge on any atom is -0.390 e. The molecular formula is C10H18O2.